The molecule has 0 radical (unpaired) electrons. The Bertz CT molecular complexity index is 118. The SMILES string of the molecule is COC1CC(C(N)=O)C1. The van der Waals surface area contributed by atoms with Gasteiger partial charge >= 0.3 is 0 Å². The van der Waals surface area contributed by atoms with Crippen LogP contribution in [0.25, 0.3) is 0 Å². The average molecular weight is 129 g/mol. The van der Waals surface area contributed by atoms with Crippen molar-refractivity contribution in [3.8, 4) is 0 Å². The number of hydrogen-bond donors (Lipinski definition) is 1. The molecule has 3 heteroatoms. The number of amides is 1. The molecule has 1 fully saturated rings. The molecular formula is C6H11NO2. The van der Waals surface area contributed by atoms with Gasteiger partial charge < -0.3 is 10.5 Å². The van der Waals surface area contributed by atoms with E-state index in [9.17, 15) is 4.79 Å². The fourth-order valence-corrected chi connectivity index (χ4v) is 0.990. The molecule has 0 aliphatic heterocycles. The summed E-state index contributed by atoms with van der Waals surface area (Å²) in [6.45, 7) is 0. The first-order valence-electron chi connectivity index (χ1n) is 3.06. The molecule has 0 bridgehead atoms. The van der Waals surface area contributed by atoms with Gasteiger partial charge in [-0.05, 0) is 12.8 Å². The van der Waals surface area contributed by atoms with Crippen molar-refractivity contribution < 1.29 is 9.53 Å². The molecule has 2 N–H and O–H groups in total. The monoisotopic (exact) mass is 129 g/mol. The van der Waals surface area contributed by atoms with E-state index in [0.717, 1.165) is 12.8 Å². The van der Waals surface area contributed by atoms with Gasteiger partial charge in [0.05, 0.1) is 6.10 Å². The minimum absolute atomic E-state index is 0.0787. The van der Waals surface area contributed by atoms with Crippen LogP contribution in [0.4, 0.5) is 0 Å². The normalized spacial score (nSPS) is 33.4. The first kappa shape index (κ1) is 6.55. The lowest BCUT2D eigenvalue weighted by molar-refractivity contribution is -0.129. The van der Waals surface area contributed by atoms with Crippen LogP contribution < -0.4 is 5.73 Å². The van der Waals surface area contributed by atoms with Gasteiger partial charge in [-0.1, -0.05) is 0 Å². The fraction of sp³-hybridized carbons (Fsp3) is 0.833. The molecule has 0 spiro atoms. The van der Waals surface area contributed by atoms with Crippen molar-refractivity contribution in [3.63, 3.8) is 0 Å². The molecule has 0 atom stereocenters. The Morgan fingerprint density at radius 2 is 2.22 bits per heavy atom. The van der Waals surface area contributed by atoms with Gasteiger partial charge in [0.15, 0.2) is 0 Å². The molecule has 1 amide bonds. The van der Waals surface area contributed by atoms with E-state index >= 15 is 0 Å². The van der Waals surface area contributed by atoms with E-state index in [4.69, 9.17) is 10.5 Å². The summed E-state index contributed by atoms with van der Waals surface area (Å²) >= 11 is 0. The maximum Gasteiger partial charge on any atom is 0.220 e. The Balaban J connectivity index is 2.19. The highest BCUT2D eigenvalue weighted by Crippen LogP contribution is 2.28. The summed E-state index contributed by atoms with van der Waals surface area (Å²) in [5.41, 5.74) is 5.02. The Hall–Kier alpha value is -0.570. The number of hydrogen-bond acceptors (Lipinski definition) is 2. The lowest BCUT2D eigenvalue weighted by atomic mass is 9.82. The third kappa shape index (κ3) is 1.21. The highest BCUT2D eigenvalue weighted by Gasteiger charge is 2.32. The molecule has 0 saturated heterocycles. The second kappa shape index (κ2) is 2.35. The van der Waals surface area contributed by atoms with Crippen LogP contribution in [0.5, 0.6) is 0 Å². The predicted octanol–water partition coefficient (Wildman–Crippen LogP) is -0.103. The molecule has 52 valence electrons. The number of rotatable bonds is 2. The van der Waals surface area contributed by atoms with E-state index in [-0.39, 0.29) is 17.9 Å². The highest BCUT2D eigenvalue weighted by molar-refractivity contribution is 5.77. The van der Waals surface area contributed by atoms with Crippen molar-refractivity contribution in [2.45, 2.75) is 18.9 Å². The third-order valence-electron chi connectivity index (χ3n) is 1.83. The largest absolute Gasteiger partial charge is 0.381 e. The number of carbonyl (C=O) groups is 1. The molecule has 1 rings (SSSR count). The summed E-state index contributed by atoms with van der Waals surface area (Å²) < 4.78 is 4.96. The molecule has 1 aliphatic carbocycles. The maximum absolute atomic E-state index is 10.4. The molecule has 9 heavy (non-hydrogen) atoms. The van der Waals surface area contributed by atoms with Gasteiger partial charge in [-0.3, -0.25) is 4.79 Å². The zero-order valence-electron chi connectivity index (χ0n) is 5.46. The van der Waals surface area contributed by atoms with Crippen molar-refractivity contribution in [1.29, 1.82) is 0 Å². The second-order valence-electron chi connectivity index (χ2n) is 2.43. The molecule has 0 unspecified atom stereocenters. The fourth-order valence-electron chi connectivity index (χ4n) is 0.990. The van der Waals surface area contributed by atoms with Crippen molar-refractivity contribution in [3.05, 3.63) is 0 Å². The first-order chi connectivity index (χ1) is 4.24. The van der Waals surface area contributed by atoms with Crippen molar-refractivity contribution >= 4 is 5.91 Å². The van der Waals surface area contributed by atoms with E-state index < -0.39 is 0 Å². The summed E-state index contributed by atoms with van der Waals surface area (Å²) in [6, 6.07) is 0. The molecule has 0 heterocycles. The molecule has 0 aromatic heterocycles. The van der Waals surface area contributed by atoms with E-state index in [2.05, 4.69) is 0 Å². The van der Waals surface area contributed by atoms with Crippen molar-refractivity contribution in [1.82, 2.24) is 0 Å². The standard InChI is InChI=1S/C6H11NO2/c1-9-5-2-4(3-5)6(7)8/h4-5H,2-3H2,1H3,(H2,7,8). The smallest absolute Gasteiger partial charge is 0.220 e. The summed E-state index contributed by atoms with van der Waals surface area (Å²) in [5.74, 6) is -0.113. The molecule has 0 aromatic carbocycles. The number of methoxy groups -OCH3 is 1. The van der Waals surface area contributed by atoms with Crippen LogP contribution in [-0.2, 0) is 9.53 Å². The van der Waals surface area contributed by atoms with Crippen LogP contribution in [0.1, 0.15) is 12.8 Å². The second-order valence-corrected chi connectivity index (χ2v) is 2.43. The van der Waals surface area contributed by atoms with Gasteiger partial charge in [-0.2, -0.15) is 0 Å². The minimum atomic E-state index is -0.191. The van der Waals surface area contributed by atoms with E-state index in [1.54, 1.807) is 7.11 Å². The lowest BCUT2D eigenvalue weighted by Gasteiger charge is -2.31. The number of nitrogens with two attached hydrogens (primary N) is 1. The zero-order chi connectivity index (χ0) is 6.85. The van der Waals surface area contributed by atoms with Gasteiger partial charge in [-0.15, -0.1) is 0 Å². The summed E-state index contributed by atoms with van der Waals surface area (Å²) in [7, 11) is 1.65. The van der Waals surface area contributed by atoms with E-state index in [1.807, 2.05) is 0 Å². The van der Waals surface area contributed by atoms with Gasteiger partial charge in [-0.25, -0.2) is 0 Å². The lowest BCUT2D eigenvalue weighted by Crippen LogP contribution is -2.39. The van der Waals surface area contributed by atoms with Crippen LogP contribution in [0.3, 0.4) is 0 Å². The van der Waals surface area contributed by atoms with Gasteiger partial charge in [0.1, 0.15) is 0 Å². The zero-order valence-corrected chi connectivity index (χ0v) is 5.46. The molecule has 0 aromatic rings. The van der Waals surface area contributed by atoms with Crippen LogP contribution in [0.15, 0.2) is 0 Å². The number of carbonyl (C=O) groups excluding carboxylic acids is 1. The third-order valence-corrected chi connectivity index (χ3v) is 1.83. The van der Waals surface area contributed by atoms with Gasteiger partial charge in [0, 0.05) is 13.0 Å². The topological polar surface area (TPSA) is 52.3 Å². The van der Waals surface area contributed by atoms with Crippen molar-refractivity contribution in [2.75, 3.05) is 7.11 Å². The first-order valence-corrected chi connectivity index (χ1v) is 3.06. The quantitative estimate of drug-likeness (QED) is 0.566. The van der Waals surface area contributed by atoms with E-state index in [0.29, 0.717) is 0 Å². The number of primary amides is 1. The Morgan fingerprint density at radius 3 is 2.56 bits per heavy atom. The average Bonchev–Trinajstić information content (AvgIpc) is 1.61. The Labute approximate surface area is 54.2 Å². The predicted molar refractivity (Wildman–Crippen MR) is 32.7 cm³/mol. The molecular weight excluding hydrogens is 118 g/mol. The van der Waals surface area contributed by atoms with Crippen molar-refractivity contribution in [2.24, 2.45) is 11.7 Å². The number of ether oxygens (including phenoxy) is 1. The highest BCUT2D eigenvalue weighted by atomic mass is 16.5. The van der Waals surface area contributed by atoms with Crippen LogP contribution in [-0.4, -0.2) is 19.1 Å². The summed E-state index contributed by atoms with van der Waals surface area (Å²) in [5, 5.41) is 0. The summed E-state index contributed by atoms with van der Waals surface area (Å²) in [6.07, 6.45) is 1.90. The van der Waals surface area contributed by atoms with Crippen LogP contribution in [0.2, 0.25) is 0 Å². The van der Waals surface area contributed by atoms with Crippen LogP contribution in [0, 0.1) is 5.92 Å². The maximum atomic E-state index is 10.4. The minimum Gasteiger partial charge on any atom is -0.381 e. The molecule has 1 saturated carbocycles. The summed E-state index contributed by atoms with van der Waals surface area (Å²) in [4.78, 5) is 10.4. The Morgan fingerprint density at radius 1 is 1.67 bits per heavy atom. The molecule has 3 nitrogen and oxygen atoms in total. The van der Waals surface area contributed by atoms with Crippen LogP contribution >= 0.6 is 0 Å². The van der Waals surface area contributed by atoms with E-state index in [1.165, 1.54) is 0 Å². The molecule has 1 aliphatic rings. The Kier molecular flexibility index (Phi) is 1.71. The van der Waals surface area contributed by atoms with Gasteiger partial charge in [0.2, 0.25) is 5.91 Å². The van der Waals surface area contributed by atoms with Gasteiger partial charge in [0.25, 0.3) is 0 Å².